The van der Waals surface area contributed by atoms with Crippen molar-refractivity contribution in [2.75, 3.05) is 12.3 Å². The molecule has 0 unspecified atom stereocenters. The second kappa shape index (κ2) is 6.88. The summed E-state index contributed by atoms with van der Waals surface area (Å²) < 4.78 is 17.1. The molecule has 3 N–H and O–H groups in total. The highest BCUT2D eigenvalue weighted by Gasteiger charge is 2.41. The van der Waals surface area contributed by atoms with Gasteiger partial charge < -0.3 is 19.9 Å². The molecule has 0 radical (unpaired) electrons. The minimum Gasteiger partial charge on any atom is -0.463 e. The van der Waals surface area contributed by atoms with Crippen molar-refractivity contribution >= 4 is 39.6 Å². The molecule has 3 heterocycles. The average Bonchev–Trinajstić information content (AvgIpc) is 3.05. The molecule has 3 atom stereocenters. The summed E-state index contributed by atoms with van der Waals surface area (Å²) in [6.45, 7) is 2.42. The second-order valence-electron chi connectivity index (χ2n) is 5.68. The van der Waals surface area contributed by atoms with Crippen LogP contribution in [-0.2, 0) is 23.8 Å². The Hall–Kier alpha value is -2.73. The SMILES string of the molecule is CC(=O)OC[C@@H]1C[C@@H](OC(C)=O)[C@H](n2c(=O)sc3c(=O)[nH]c(N)nc32)O1. The van der Waals surface area contributed by atoms with Crippen LogP contribution >= 0.6 is 11.3 Å². The molecular formula is C14H16N4O7S. The van der Waals surface area contributed by atoms with E-state index in [4.69, 9.17) is 19.9 Å². The quantitative estimate of drug-likeness (QED) is 0.664. The Morgan fingerprint density at radius 3 is 2.77 bits per heavy atom. The fourth-order valence-electron chi connectivity index (χ4n) is 2.75. The van der Waals surface area contributed by atoms with Gasteiger partial charge >= 0.3 is 16.8 Å². The standard InChI is InChI=1S/C14H16N4O7S/c1-5(19)23-4-7-3-8(24-6(2)20)12(25-7)18-10-9(26-14(18)22)11(21)17-13(15)16-10/h7-8,12H,3-4H2,1-2H3,(H3,15,16,17,21)/t7-,8+,12+/m0/s1. The molecule has 2 aromatic rings. The Bertz CT molecular complexity index is 978. The number of rotatable bonds is 4. The minimum absolute atomic E-state index is 0.0385. The number of carbonyl (C=O) groups is 2. The number of thiazole rings is 1. The molecule has 11 nitrogen and oxygen atoms in total. The van der Waals surface area contributed by atoms with E-state index >= 15 is 0 Å². The average molecular weight is 384 g/mol. The van der Waals surface area contributed by atoms with E-state index in [9.17, 15) is 19.2 Å². The summed E-state index contributed by atoms with van der Waals surface area (Å²) >= 11 is 0.681. The lowest BCUT2D eigenvalue weighted by molar-refractivity contribution is -0.152. The van der Waals surface area contributed by atoms with Crippen LogP contribution in [0.15, 0.2) is 9.59 Å². The zero-order valence-electron chi connectivity index (χ0n) is 13.9. The molecule has 3 rings (SSSR count). The van der Waals surface area contributed by atoms with Gasteiger partial charge in [-0.15, -0.1) is 0 Å². The molecule has 12 heteroatoms. The number of nitrogens with two attached hydrogens (primary N) is 1. The van der Waals surface area contributed by atoms with Crippen LogP contribution in [0.1, 0.15) is 26.5 Å². The monoisotopic (exact) mass is 384 g/mol. The first-order valence-corrected chi connectivity index (χ1v) is 8.44. The van der Waals surface area contributed by atoms with Gasteiger partial charge in [-0.05, 0) is 0 Å². The third-order valence-electron chi connectivity index (χ3n) is 3.68. The number of aromatic amines is 1. The van der Waals surface area contributed by atoms with Gasteiger partial charge in [0.2, 0.25) is 5.95 Å². The number of carbonyl (C=O) groups excluding carboxylic acids is 2. The summed E-state index contributed by atoms with van der Waals surface area (Å²) in [5.74, 6) is -1.21. The zero-order valence-corrected chi connectivity index (χ0v) is 14.7. The van der Waals surface area contributed by atoms with Crippen molar-refractivity contribution in [3.8, 4) is 0 Å². The lowest BCUT2D eigenvalue weighted by Gasteiger charge is -2.19. The van der Waals surface area contributed by atoms with Crippen molar-refractivity contribution in [2.24, 2.45) is 0 Å². The number of esters is 2. The summed E-state index contributed by atoms with van der Waals surface area (Å²) in [5.41, 5.74) is 5.05. The maximum absolute atomic E-state index is 12.4. The molecule has 1 aliphatic heterocycles. The molecule has 1 saturated heterocycles. The van der Waals surface area contributed by atoms with Crippen LogP contribution in [0, 0.1) is 0 Å². The number of nitrogen functional groups attached to an aromatic ring is 1. The number of anilines is 1. The van der Waals surface area contributed by atoms with E-state index in [0.29, 0.717) is 11.3 Å². The predicted octanol–water partition coefficient (Wildman–Crippen LogP) is -0.489. The molecular weight excluding hydrogens is 368 g/mol. The van der Waals surface area contributed by atoms with Gasteiger partial charge in [0.25, 0.3) is 5.56 Å². The summed E-state index contributed by atoms with van der Waals surface area (Å²) in [7, 11) is 0. The Morgan fingerprint density at radius 2 is 2.12 bits per heavy atom. The molecule has 0 bridgehead atoms. The fraction of sp³-hybridized carbons (Fsp3) is 0.500. The van der Waals surface area contributed by atoms with Gasteiger partial charge in [0, 0.05) is 20.3 Å². The van der Waals surface area contributed by atoms with Gasteiger partial charge in [0.1, 0.15) is 17.4 Å². The fourth-order valence-corrected chi connectivity index (χ4v) is 3.59. The van der Waals surface area contributed by atoms with Crippen molar-refractivity contribution < 1.29 is 23.8 Å². The van der Waals surface area contributed by atoms with Gasteiger partial charge in [0.05, 0.1) is 6.10 Å². The normalized spacial score (nSPS) is 22.5. The third kappa shape index (κ3) is 3.46. The van der Waals surface area contributed by atoms with Crippen LogP contribution in [0.2, 0.25) is 0 Å². The number of hydrogen-bond acceptors (Lipinski definition) is 10. The maximum atomic E-state index is 12.4. The van der Waals surface area contributed by atoms with Crippen molar-refractivity contribution in [3.63, 3.8) is 0 Å². The maximum Gasteiger partial charge on any atom is 0.311 e. The Labute approximate surface area is 149 Å². The van der Waals surface area contributed by atoms with E-state index in [1.807, 2.05) is 0 Å². The van der Waals surface area contributed by atoms with E-state index in [1.165, 1.54) is 13.8 Å². The summed E-state index contributed by atoms with van der Waals surface area (Å²) in [5, 5.41) is 0. The highest BCUT2D eigenvalue weighted by molar-refractivity contribution is 7.16. The van der Waals surface area contributed by atoms with Gasteiger partial charge in [-0.25, -0.2) is 0 Å². The third-order valence-corrected chi connectivity index (χ3v) is 4.62. The van der Waals surface area contributed by atoms with E-state index in [0.717, 1.165) is 4.57 Å². The van der Waals surface area contributed by atoms with Gasteiger partial charge in [-0.3, -0.25) is 28.7 Å². The molecule has 1 fully saturated rings. The predicted molar refractivity (Wildman–Crippen MR) is 89.6 cm³/mol. The Morgan fingerprint density at radius 1 is 1.38 bits per heavy atom. The lowest BCUT2D eigenvalue weighted by atomic mass is 10.2. The summed E-state index contributed by atoms with van der Waals surface area (Å²) in [6.07, 6.45) is -2.21. The first-order chi connectivity index (χ1) is 12.3. The number of aromatic nitrogens is 3. The highest BCUT2D eigenvalue weighted by Crippen LogP contribution is 2.33. The zero-order chi connectivity index (χ0) is 19.0. The number of H-pyrrole nitrogens is 1. The lowest BCUT2D eigenvalue weighted by Crippen LogP contribution is -2.30. The largest absolute Gasteiger partial charge is 0.463 e. The van der Waals surface area contributed by atoms with Crippen molar-refractivity contribution in [1.82, 2.24) is 14.5 Å². The smallest absolute Gasteiger partial charge is 0.311 e. The molecule has 1 aliphatic rings. The van der Waals surface area contributed by atoms with E-state index in [2.05, 4.69) is 9.97 Å². The summed E-state index contributed by atoms with van der Waals surface area (Å²) in [4.78, 5) is 52.6. The van der Waals surface area contributed by atoms with Gasteiger partial charge in [-0.2, -0.15) is 4.98 Å². The molecule has 26 heavy (non-hydrogen) atoms. The molecule has 0 aromatic carbocycles. The van der Waals surface area contributed by atoms with Gasteiger partial charge in [0.15, 0.2) is 11.9 Å². The van der Waals surface area contributed by atoms with Gasteiger partial charge in [-0.1, -0.05) is 11.3 Å². The van der Waals surface area contributed by atoms with Crippen molar-refractivity contribution in [2.45, 2.75) is 38.7 Å². The molecule has 2 aromatic heterocycles. The number of nitrogens with one attached hydrogen (secondary N) is 1. The topological polar surface area (TPSA) is 156 Å². The first kappa shape index (κ1) is 18.1. The van der Waals surface area contributed by atoms with Crippen LogP contribution in [0.3, 0.4) is 0 Å². The number of hydrogen-bond donors (Lipinski definition) is 2. The van der Waals surface area contributed by atoms with E-state index in [1.54, 1.807) is 0 Å². The Kier molecular flexibility index (Phi) is 4.78. The van der Waals surface area contributed by atoms with E-state index < -0.39 is 40.8 Å². The minimum atomic E-state index is -1.02. The molecule has 0 saturated carbocycles. The van der Waals surface area contributed by atoms with Crippen molar-refractivity contribution in [1.29, 1.82) is 0 Å². The van der Waals surface area contributed by atoms with Crippen LogP contribution < -0.4 is 16.2 Å². The molecule has 0 spiro atoms. The number of fused-ring (bicyclic) bond motifs is 1. The first-order valence-electron chi connectivity index (χ1n) is 7.63. The van der Waals surface area contributed by atoms with Crippen LogP contribution in [0.25, 0.3) is 10.3 Å². The molecule has 0 aliphatic carbocycles. The second-order valence-corrected chi connectivity index (χ2v) is 6.64. The molecule has 140 valence electrons. The summed E-state index contributed by atoms with van der Waals surface area (Å²) in [6, 6.07) is 0. The van der Waals surface area contributed by atoms with Crippen molar-refractivity contribution in [3.05, 3.63) is 20.0 Å². The van der Waals surface area contributed by atoms with Crippen LogP contribution in [0.4, 0.5) is 5.95 Å². The number of ether oxygens (including phenoxy) is 3. The number of nitrogens with zero attached hydrogens (tertiary/aromatic N) is 2. The van der Waals surface area contributed by atoms with Crippen LogP contribution in [-0.4, -0.2) is 45.3 Å². The van der Waals surface area contributed by atoms with E-state index in [-0.39, 0.29) is 29.3 Å². The van der Waals surface area contributed by atoms with Crippen LogP contribution in [0.5, 0.6) is 0 Å². The molecule has 0 amide bonds. The highest BCUT2D eigenvalue weighted by atomic mass is 32.1. The Balaban J connectivity index is 2.02.